The van der Waals surface area contributed by atoms with Crippen molar-refractivity contribution >= 4 is 46.8 Å². The summed E-state index contributed by atoms with van der Waals surface area (Å²) in [5, 5.41) is 5.41. The number of aromatic nitrogens is 4. The molecule has 180 valence electrons. The molecule has 1 aliphatic rings. The number of halogens is 3. The van der Waals surface area contributed by atoms with Crippen LogP contribution in [0.3, 0.4) is 0 Å². The van der Waals surface area contributed by atoms with Gasteiger partial charge in [0.15, 0.2) is 0 Å². The zero-order valence-electron chi connectivity index (χ0n) is 18.8. The van der Waals surface area contributed by atoms with Crippen LogP contribution in [0.5, 0.6) is 5.75 Å². The van der Waals surface area contributed by atoms with E-state index in [1.165, 1.54) is 0 Å². The van der Waals surface area contributed by atoms with E-state index in [2.05, 4.69) is 15.1 Å². The molecule has 0 spiro atoms. The fourth-order valence-corrected chi connectivity index (χ4v) is 4.26. The van der Waals surface area contributed by atoms with Gasteiger partial charge in [0.05, 0.1) is 52.8 Å². The number of ether oxygens (including phenoxy) is 2. The number of nitrogens with zero attached hydrogens (tertiary/aromatic N) is 5. The van der Waals surface area contributed by atoms with Crippen molar-refractivity contribution in [3.8, 4) is 17.0 Å². The number of hydrogen-bond donors (Lipinski definition) is 1. The van der Waals surface area contributed by atoms with Gasteiger partial charge in [-0.3, -0.25) is 9.58 Å². The molecule has 0 atom stereocenters. The summed E-state index contributed by atoms with van der Waals surface area (Å²) in [6.45, 7) is 6.64. The Balaban J connectivity index is 1.66. The maximum absolute atomic E-state index is 12.7. The molecule has 0 saturated heterocycles. The SMILES string of the molecule is CC(C)(C)OC(=O)N1Cc2nc(N)nc(-c3c(Cl)cc(Cl)cc3OCCn3cc(Cl)cn3)c2C1. The summed E-state index contributed by atoms with van der Waals surface area (Å²) in [6.07, 6.45) is 2.79. The topological polar surface area (TPSA) is 108 Å². The summed E-state index contributed by atoms with van der Waals surface area (Å²) in [5.74, 6) is 0.481. The van der Waals surface area contributed by atoms with Crippen LogP contribution in [-0.2, 0) is 24.4 Å². The van der Waals surface area contributed by atoms with Crippen molar-refractivity contribution in [3.05, 3.63) is 50.9 Å². The van der Waals surface area contributed by atoms with E-state index < -0.39 is 11.7 Å². The van der Waals surface area contributed by atoms with Crippen molar-refractivity contribution < 1.29 is 14.3 Å². The first kappa shape index (κ1) is 24.4. The number of anilines is 1. The van der Waals surface area contributed by atoms with Gasteiger partial charge in [0.2, 0.25) is 5.95 Å². The fraction of sp³-hybridized carbons (Fsp3) is 0.364. The summed E-state index contributed by atoms with van der Waals surface area (Å²) >= 11 is 18.8. The molecular weight excluding hydrogens is 503 g/mol. The molecule has 0 bridgehead atoms. The summed E-state index contributed by atoms with van der Waals surface area (Å²) in [7, 11) is 0. The lowest BCUT2D eigenvalue weighted by atomic mass is 10.0. The molecule has 1 aliphatic heterocycles. The molecule has 0 fully saturated rings. The first-order chi connectivity index (χ1) is 16.0. The predicted octanol–water partition coefficient (Wildman–Crippen LogP) is 5.21. The summed E-state index contributed by atoms with van der Waals surface area (Å²) in [4.78, 5) is 23.0. The number of nitrogens with two attached hydrogens (primary N) is 1. The second-order valence-electron chi connectivity index (χ2n) is 8.72. The largest absolute Gasteiger partial charge is 0.491 e. The third-order valence-electron chi connectivity index (χ3n) is 4.89. The Morgan fingerprint density at radius 1 is 1.15 bits per heavy atom. The molecule has 3 heterocycles. The number of amides is 1. The highest BCUT2D eigenvalue weighted by atomic mass is 35.5. The number of rotatable bonds is 5. The van der Waals surface area contributed by atoms with Crippen LogP contribution in [0.15, 0.2) is 24.5 Å². The van der Waals surface area contributed by atoms with Gasteiger partial charge in [-0.2, -0.15) is 5.10 Å². The zero-order valence-corrected chi connectivity index (χ0v) is 21.1. The zero-order chi connectivity index (χ0) is 24.6. The molecule has 0 unspecified atom stereocenters. The van der Waals surface area contributed by atoms with Gasteiger partial charge in [-0.05, 0) is 32.9 Å². The number of nitrogen functional groups attached to an aromatic ring is 1. The van der Waals surface area contributed by atoms with Crippen molar-refractivity contribution in [2.45, 2.75) is 46.0 Å². The van der Waals surface area contributed by atoms with Crippen LogP contribution in [0.25, 0.3) is 11.3 Å². The Kier molecular flexibility index (Phi) is 6.80. The lowest BCUT2D eigenvalue weighted by Crippen LogP contribution is -2.33. The normalized spacial score (nSPS) is 13.2. The Bertz CT molecular complexity index is 1240. The van der Waals surface area contributed by atoms with Crippen LogP contribution in [0, 0.1) is 0 Å². The molecule has 9 nitrogen and oxygen atoms in total. The minimum absolute atomic E-state index is 0.0583. The van der Waals surface area contributed by atoms with Gasteiger partial charge < -0.3 is 15.2 Å². The third kappa shape index (κ3) is 5.48. The van der Waals surface area contributed by atoms with Gasteiger partial charge in [-0.15, -0.1) is 0 Å². The molecule has 0 aliphatic carbocycles. The molecule has 3 aromatic rings. The van der Waals surface area contributed by atoms with Gasteiger partial charge in [-0.25, -0.2) is 14.8 Å². The molecule has 2 N–H and O–H groups in total. The van der Waals surface area contributed by atoms with Gasteiger partial charge in [0.25, 0.3) is 0 Å². The standard InChI is InChI=1S/C22H23Cl3N6O3/c1-22(2,3)34-21(32)30-10-14-16(11-30)28-20(26)29-19(14)18-15(25)6-12(23)7-17(18)33-5-4-31-9-13(24)8-27-31/h6-9H,4-5,10-11H2,1-3H3,(H2,26,28,29). The summed E-state index contributed by atoms with van der Waals surface area (Å²) < 4.78 is 13.2. The number of carbonyl (C=O) groups is 1. The van der Waals surface area contributed by atoms with Crippen LogP contribution in [0.2, 0.25) is 15.1 Å². The van der Waals surface area contributed by atoms with Crippen LogP contribution >= 0.6 is 34.8 Å². The minimum Gasteiger partial charge on any atom is -0.491 e. The Morgan fingerprint density at radius 3 is 2.59 bits per heavy atom. The second-order valence-corrected chi connectivity index (χ2v) is 10.0. The van der Waals surface area contributed by atoms with E-state index >= 15 is 0 Å². The molecule has 1 aromatic carbocycles. The first-order valence-corrected chi connectivity index (χ1v) is 11.6. The van der Waals surface area contributed by atoms with E-state index in [0.717, 1.165) is 0 Å². The van der Waals surface area contributed by atoms with Crippen molar-refractivity contribution in [3.63, 3.8) is 0 Å². The van der Waals surface area contributed by atoms with E-state index in [-0.39, 0.29) is 25.6 Å². The molecule has 4 rings (SSSR count). The van der Waals surface area contributed by atoms with Gasteiger partial charge in [-0.1, -0.05) is 34.8 Å². The maximum atomic E-state index is 12.7. The second kappa shape index (κ2) is 9.48. The highest BCUT2D eigenvalue weighted by molar-refractivity contribution is 6.37. The molecule has 34 heavy (non-hydrogen) atoms. The van der Waals surface area contributed by atoms with Crippen LogP contribution < -0.4 is 10.5 Å². The number of fused-ring (bicyclic) bond motifs is 1. The van der Waals surface area contributed by atoms with E-state index in [4.69, 9.17) is 50.0 Å². The van der Waals surface area contributed by atoms with Crippen LogP contribution in [0.1, 0.15) is 32.0 Å². The molecule has 0 saturated carbocycles. The van der Waals surface area contributed by atoms with Crippen molar-refractivity contribution in [2.75, 3.05) is 12.3 Å². The molecular formula is C22H23Cl3N6O3. The molecule has 1 amide bonds. The lowest BCUT2D eigenvalue weighted by Gasteiger charge is -2.24. The highest BCUT2D eigenvalue weighted by Crippen LogP contribution is 2.42. The monoisotopic (exact) mass is 524 g/mol. The smallest absolute Gasteiger partial charge is 0.410 e. The van der Waals surface area contributed by atoms with Crippen molar-refractivity contribution in [2.24, 2.45) is 0 Å². The predicted molar refractivity (Wildman–Crippen MR) is 130 cm³/mol. The van der Waals surface area contributed by atoms with Gasteiger partial charge in [0, 0.05) is 16.8 Å². The minimum atomic E-state index is -0.626. The molecule has 0 radical (unpaired) electrons. The average molecular weight is 526 g/mol. The summed E-state index contributed by atoms with van der Waals surface area (Å²) in [5.41, 5.74) is 7.71. The summed E-state index contributed by atoms with van der Waals surface area (Å²) in [6, 6.07) is 3.26. The fourth-order valence-electron chi connectivity index (χ4n) is 3.54. The maximum Gasteiger partial charge on any atom is 0.410 e. The quantitative estimate of drug-likeness (QED) is 0.487. The van der Waals surface area contributed by atoms with Gasteiger partial charge >= 0.3 is 6.09 Å². The van der Waals surface area contributed by atoms with E-state index in [9.17, 15) is 4.79 Å². The Labute approximate surface area is 211 Å². The number of benzene rings is 1. The van der Waals surface area contributed by atoms with Crippen LogP contribution in [-0.4, -0.2) is 42.9 Å². The van der Waals surface area contributed by atoms with Crippen molar-refractivity contribution in [1.82, 2.24) is 24.6 Å². The van der Waals surface area contributed by atoms with E-state index in [0.29, 0.717) is 49.9 Å². The average Bonchev–Trinajstić information content (AvgIpc) is 3.32. The number of hydrogen-bond acceptors (Lipinski definition) is 7. The Hall–Kier alpha value is -2.75. The Morgan fingerprint density at radius 2 is 1.91 bits per heavy atom. The first-order valence-electron chi connectivity index (χ1n) is 10.4. The van der Waals surface area contributed by atoms with E-state index in [1.54, 1.807) is 34.1 Å². The van der Waals surface area contributed by atoms with E-state index in [1.807, 2.05) is 20.8 Å². The molecule has 12 heteroatoms. The number of carbonyl (C=O) groups excluding carboxylic acids is 1. The lowest BCUT2D eigenvalue weighted by molar-refractivity contribution is 0.0241. The highest BCUT2D eigenvalue weighted by Gasteiger charge is 2.33. The van der Waals surface area contributed by atoms with Crippen LogP contribution in [0.4, 0.5) is 10.7 Å². The molecule has 2 aromatic heterocycles. The third-order valence-corrected chi connectivity index (χ3v) is 5.60. The van der Waals surface area contributed by atoms with Crippen molar-refractivity contribution in [1.29, 1.82) is 0 Å². The van der Waals surface area contributed by atoms with Gasteiger partial charge in [0.1, 0.15) is 18.0 Å².